The van der Waals surface area contributed by atoms with Crippen molar-refractivity contribution >= 4 is 11.3 Å². The van der Waals surface area contributed by atoms with Gasteiger partial charge in [0.15, 0.2) is 0 Å². The van der Waals surface area contributed by atoms with E-state index in [-0.39, 0.29) is 0 Å². The molecule has 0 radical (unpaired) electrons. The van der Waals surface area contributed by atoms with Crippen molar-refractivity contribution in [1.29, 1.82) is 0 Å². The van der Waals surface area contributed by atoms with Gasteiger partial charge in [-0.05, 0) is 62.1 Å². The van der Waals surface area contributed by atoms with Crippen molar-refractivity contribution in [3.05, 3.63) is 21.9 Å². The lowest BCUT2D eigenvalue weighted by Gasteiger charge is -2.36. The second kappa shape index (κ2) is 8.33. The summed E-state index contributed by atoms with van der Waals surface area (Å²) >= 11 is 2.04. The molecule has 1 aromatic rings. The fourth-order valence-electron chi connectivity index (χ4n) is 3.68. The predicted molar refractivity (Wildman–Crippen MR) is 95.2 cm³/mol. The van der Waals surface area contributed by atoms with Crippen LogP contribution < -0.4 is 5.32 Å². The lowest BCUT2D eigenvalue weighted by atomic mass is 9.71. The van der Waals surface area contributed by atoms with Crippen LogP contribution in [0, 0.1) is 17.8 Å². The Balaban J connectivity index is 1.98. The highest BCUT2D eigenvalue weighted by Gasteiger charge is 2.30. The van der Waals surface area contributed by atoms with Crippen LogP contribution in [0.4, 0.5) is 0 Å². The van der Waals surface area contributed by atoms with Crippen LogP contribution in [-0.2, 0) is 12.8 Å². The molecule has 1 N–H and O–H groups in total. The highest BCUT2D eigenvalue weighted by molar-refractivity contribution is 7.11. The third-order valence-electron chi connectivity index (χ3n) is 5.14. The first-order valence-electron chi connectivity index (χ1n) is 8.93. The van der Waals surface area contributed by atoms with Crippen molar-refractivity contribution in [1.82, 2.24) is 5.32 Å². The van der Waals surface area contributed by atoms with Crippen LogP contribution in [0.1, 0.15) is 63.1 Å². The highest BCUT2D eigenvalue weighted by Crippen LogP contribution is 2.38. The van der Waals surface area contributed by atoms with Crippen molar-refractivity contribution in [3.8, 4) is 0 Å². The van der Waals surface area contributed by atoms with Crippen LogP contribution in [0.15, 0.2) is 12.1 Å². The van der Waals surface area contributed by atoms with E-state index < -0.39 is 0 Å². The first-order chi connectivity index (χ1) is 10.1. The molecule has 0 spiro atoms. The van der Waals surface area contributed by atoms with Crippen LogP contribution in [-0.4, -0.2) is 12.6 Å². The molecular formula is C19H33NS. The van der Waals surface area contributed by atoms with Gasteiger partial charge in [0.05, 0.1) is 0 Å². The maximum atomic E-state index is 3.68. The molecule has 0 amide bonds. The molecule has 3 unspecified atom stereocenters. The fourth-order valence-corrected chi connectivity index (χ4v) is 4.73. The number of rotatable bonds is 7. The molecule has 0 bridgehead atoms. The third kappa shape index (κ3) is 5.10. The molecule has 2 heteroatoms. The van der Waals surface area contributed by atoms with Gasteiger partial charge in [-0.15, -0.1) is 11.3 Å². The van der Waals surface area contributed by atoms with E-state index in [4.69, 9.17) is 0 Å². The molecule has 1 aromatic heterocycles. The Hall–Kier alpha value is -0.340. The summed E-state index contributed by atoms with van der Waals surface area (Å²) in [5.74, 6) is 2.73. The molecule has 2 rings (SSSR count). The SMILES string of the molecule is CCc1ccc(CC2CC(CC)CCC2CNC(C)C)s1. The topological polar surface area (TPSA) is 12.0 Å². The van der Waals surface area contributed by atoms with Gasteiger partial charge in [0.2, 0.25) is 0 Å². The average Bonchev–Trinajstić information content (AvgIpc) is 2.93. The molecule has 1 aliphatic carbocycles. The van der Waals surface area contributed by atoms with Crippen molar-refractivity contribution in [2.45, 2.75) is 72.3 Å². The molecule has 120 valence electrons. The smallest absolute Gasteiger partial charge is 0.00510 e. The van der Waals surface area contributed by atoms with Gasteiger partial charge in [-0.25, -0.2) is 0 Å². The third-order valence-corrected chi connectivity index (χ3v) is 6.40. The Labute approximate surface area is 135 Å². The Morgan fingerprint density at radius 1 is 1.14 bits per heavy atom. The molecule has 3 atom stereocenters. The standard InChI is InChI=1S/C19H33NS/c1-5-15-7-8-16(13-20-14(3)4)17(11-15)12-19-10-9-18(6-2)21-19/h9-10,14-17,20H,5-8,11-13H2,1-4H3. The number of hydrogen-bond donors (Lipinski definition) is 1. The van der Waals surface area contributed by atoms with E-state index in [0.717, 1.165) is 17.8 Å². The molecule has 0 aromatic carbocycles. The molecule has 1 heterocycles. The van der Waals surface area contributed by atoms with E-state index in [2.05, 4.69) is 45.1 Å². The van der Waals surface area contributed by atoms with E-state index >= 15 is 0 Å². The number of thiophene rings is 1. The van der Waals surface area contributed by atoms with Crippen molar-refractivity contribution < 1.29 is 0 Å². The summed E-state index contributed by atoms with van der Waals surface area (Å²) in [7, 11) is 0. The average molecular weight is 308 g/mol. The van der Waals surface area contributed by atoms with Gasteiger partial charge in [0.25, 0.3) is 0 Å². The van der Waals surface area contributed by atoms with Crippen LogP contribution in [0.2, 0.25) is 0 Å². The van der Waals surface area contributed by atoms with Crippen LogP contribution in [0.25, 0.3) is 0 Å². The van der Waals surface area contributed by atoms with E-state index in [1.54, 1.807) is 9.75 Å². The zero-order valence-corrected chi connectivity index (χ0v) is 15.1. The summed E-state index contributed by atoms with van der Waals surface area (Å²) in [5.41, 5.74) is 0. The van der Waals surface area contributed by atoms with E-state index in [1.165, 1.54) is 45.1 Å². The minimum atomic E-state index is 0.614. The number of hydrogen-bond acceptors (Lipinski definition) is 2. The minimum absolute atomic E-state index is 0.614. The second-order valence-electron chi connectivity index (χ2n) is 7.10. The summed E-state index contributed by atoms with van der Waals surface area (Å²) in [6, 6.07) is 5.33. The Kier molecular flexibility index (Phi) is 6.75. The Morgan fingerprint density at radius 3 is 2.52 bits per heavy atom. The fraction of sp³-hybridized carbons (Fsp3) is 0.789. The quantitative estimate of drug-likeness (QED) is 0.721. The summed E-state index contributed by atoms with van der Waals surface area (Å²) in [5, 5.41) is 3.68. The normalized spacial score (nSPS) is 26.4. The van der Waals surface area contributed by atoms with Gasteiger partial charge in [0, 0.05) is 15.8 Å². The van der Waals surface area contributed by atoms with E-state index in [0.29, 0.717) is 6.04 Å². The van der Waals surface area contributed by atoms with Crippen LogP contribution in [0.3, 0.4) is 0 Å². The molecular weight excluding hydrogens is 274 g/mol. The first-order valence-corrected chi connectivity index (χ1v) is 9.74. The lowest BCUT2D eigenvalue weighted by Crippen LogP contribution is -2.36. The van der Waals surface area contributed by atoms with Crippen molar-refractivity contribution in [2.75, 3.05) is 6.54 Å². The van der Waals surface area contributed by atoms with Gasteiger partial charge >= 0.3 is 0 Å². The van der Waals surface area contributed by atoms with Gasteiger partial charge in [0.1, 0.15) is 0 Å². The Bertz CT molecular complexity index is 409. The van der Waals surface area contributed by atoms with Gasteiger partial charge in [-0.3, -0.25) is 0 Å². The van der Waals surface area contributed by atoms with Crippen LogP contribution in [0.5, 0.6) is 0 Å². The second-order valence-corrected chi connectivity index (χ2v) is 8.35. The maximum absolute atomic E-state index is 3.68. The van der Waals surface area contributed by atoms with E-state index in [1.807, 2.05) is 11.3 Å². The molecule has 1 saturated carbocycles. The minimum Gasteiger partial charge on any atom is -0.314 e. The van der Waals surface area contributed by atoms with Crippen LogP contribution >= 0.6 is 11.3 Å². The zero-order valence-electron chi connectivity index (χ0n) is 14.3. The van der Waals surface area contributed by atoms with Crippen molar-refractivity contribution in [2.24, 2.45) is 17.8 Å². The van der Waals surface area contributed by atoms with E-state index in [9.17, 15) is 0 Å². The summed E-state index contributed by atoms with van der Waals surface area (Å²) in [4.78, 5) is 3.16. The first kappa shape index (κ1) is 17.0. The zero-order chi connectivity index (χ0) is 15.2. The van der Waals surface area contributed by atoms with Gasteiger partial charge in [-0.2, -0.15) is 0 Å². The van der Waals surface area contributed by atoms with Gasteiger partial charge in [-0.1, -0.05) is 40.5 Å². The highest BCUT2D eigenvalue weighted by atomic mass is 32.1. The largest absolute Gasteiger partial charge is 0.314 e. The molecule has 0 aliphatic heterocycles. The monoisotopic (exact) mass is 307 g/mol. The molecule has 1 aliphatic rings. The molecule has 1 fully saturated rings. The van der Waals surface area contributed by atoms with Gasteiger partial charge < -0.3 is 5.32 Å². The number of nitrogens with one attached hydrogen (secondary N) is 1. The maximum Gasteiger partial charge on any atom is 0.00510 e. The number of aryl methyl sites for hydroxylation is 1. The molecule has 21 heavy (non-hydrogen) atoms. The Morgan fingerprint density at radius 2 is 1.90 bits per heavy atom. The lowest BCUT2D eigenvalue weighted by molar-refractivity contribution is 0.170. The molecule has 1 nitrogen and oxygen atoms in total. The van der Waals surface area contributed by atoms with Crippen molar-refractivity contribution in [3.63, 3.8) is 0 Å². The summed E-state index contributed by atoms with van der Waals surface area (Å²) in [6.07, 6.45) is 8.18. The molecule has 0 saturated heterocycles. The summed E-state index contributed by atoms with van der Waals surface area (Å²) < 4.78 is 0. The predicted octanol–water partition coefficient (Wildman–Crippen LogP) is 5.29. The summed E-state index contributed by atoms with van der Waals surface area (Å²) in [6.45, 7) is 10.4.